The number of carbonyl (C=O) groups excluding carboxylic acids is 2. The summed E-state index contributed by atoms with van der Waals surface area (Å²) >= 11 is 0. The maximum atomic E-state index is 12.4. The van der Waals surface area contributed by atoms with Crippen molar-refractivity contribution in [1.82, 2.24) is 0 Å². The van der Waals surface area contributed by atoms with Gasteiger partial charge in [0.2, 0.25) is 5.75 Å². The van der Waals surface area contributed by atoms with Gasteiger partial charge in [0.15, 0.2) is 17.3 Å². The summed E-state index contributed by atoms with van der Waals surface area (Å²) in [5.41, 5.74) is 0.284. The first kappa shape index (κ1) is 18.8. The number of carbonyl (C=O) groups is 2. The molecule has 0 aromatic heterocycles. The number of hydrogen-bond donors (Lipinski definition) is 0. The summed E-state index contributed by atoms with van der Waals surface area (Å²) in [6.45, 7) is 8.64. The number of Topliss-reactive ketones (excluding diaryl/α,β-unsaturated/α-hetero) is 1. The minimum Gasteiger partial charge on any atom is -0.490 e. The molecule has 0 radical (unpaired) electrons. The third-order valence-electron chi connectivity index (χ3n) is 2.86. The SMILES string of the molecule is CCOC(=O)CC(=O)c1ccc(OCC)c(OCC)c1OCC. The normalized spacial score (nSPS) is 10.1. The van der Waals surface area contributed by atoms with E-state index in [1.54, 1.807) is 19.1 Å². The van der Waals surface area contributed by atoms with E-state index in [0.717, 1.165) is 0 Å². The number of ketones is 1. The van der Waals surface area contributed by atoms with Crippen LogP contribution in [0.1, 0.15) is 44.5 Å². The first-order valence-corrected chi connectivity index (χ1v) is 7.83. The zero-order valence-corrected chi connectivity index (χ0v) is 14.1. The van der Waals surface area contributed by atoms with Gasteiger partial charge in [-0.05, 0) is 39.8 Å². The number of ether oxygens (including phenoxy) is 4. The van der Waals surface area contributed by atoms with E-state index in [1.165, 1.54) is 0 Å². The average molecular weight is 324 g/mol. The van der Waals surface area contributed by atoms with E-state index >= 15 is 0 Å². The molecule has 6 nitrogen and oxygen atoms in total. The maximum absolute atomic E-state index is 12.4. The van der Waals surface area contributed by atoms with Crippen LogP contribution in [0.3, 0.4) is 0 Å². The highest BCUT2D eigenvalue weighted by Gasteiger charge is 2.23. The van der Waals surface area contributed by atoms with Gasteiger partial charge in [0.1, 0.15) is 6.42 Å². The van der Waals surface area contributed by atoms with E-state index in [9.17, 15) is 9.59 Å². The van der Waals surface area contributed by atoms with Crippen LogP contribution in [0, 0.1) is 0 Å². The third-order valence-corrected chi connectivity index (χ3v) is 2.86. The Morgan fingerprint density at radius 2 is 1.43 bits per heavy atom. The van der Waals surface area contributed by atoms with E-state index in [2.05, 4.69) is 0 Å². The largest absolute Gasteiger partial charge is 0.490 e. The molecule has 0 aliphatic heterocycles. The number of rotatable bonds is 10. The van der Waals surface area contributed by atoms with Crippen LogP contribution in [0.4, 0.5) is 0 Å². The Balaban J connectivity index is 3.22. The summed E-state index contributed by atoms with van der Waals surface area (Å²) in [6.07, 6.45) is -0.340. The van der Waals surface area contributed by atoms with E-state index in [4.69, 9.17) is 18.9 Å². The molecule has 1 aromatic carbocycles. The van der Waals surface area contributed by atoms with Crippen molar-refractivity contribution in [2.24, 2.45) is 0 Å². The molecular formula is C17H24O6. The van der Waals surface area contributed by atoms with E-state index in [1.807, 2.05) is 20.8 Å². The molecule has 0 saturated carbocycles. The summed E-state index contributed by atoms with van der Waals surface area (Å²) in [5.74, 6) is 0.244. The van der Waals surface area contributed by atoms with Crippen LogP contribution in [0.5, 0.6) is 17.2 Å². The molecule has 0 saturated heterocycles. The van der Waals surface area contributed by atoms with Gasteiger partial charge in [0.25, 0.3) is 0 Å². The zero-order valence-electron chi connectivity index (χ0n) is 14.1. The van der Waals surface area contributed by atoms with Crippen LogP contribution in [-0.4, -0.2) is 38.2 Å². The molecule has 0 spiro atoms. The maximum Gasteiger partial charge on any atom is 0.313 e. The van der Waals surface area contributed by atoms with Gasteiger partial charge in [0.05, 0.1) is 32.0 Å². The second kappa shape index (κ2) is 9.71. The predicted molar refractivity (Wildman–Crippen MR) is 85.5 cm³/mol. The van der Waals surface area contributed by atoms with Crippen molar-refractivity contribution < 1.29 is 28.5 Å². The van der Waals surface area contributed by atoms with Gasteiger partial charge in [-0.15, -0.1) is 0 Å². The molecule has 0 amide bonds. The Kier molecular flexibility index (Phi) is 7.94. The lowest BCUT2D eigenvalue weighted by Crippen LogP contribution is -2.13. The molecule has 23 heavy (non-hydrogen) atoms. The summed E-state index contributed by atoms with van der Waals surface area (Å²) in [5, 5.41) is 0. The molecule has 1 rings (SSSR count). The lowest BCUT2D eigenvalue weighted by molar-refractivity contribution is -0.141. The van der Waals surface area contributed by atoms with Gasteiger partial charge in [-0.3, -0.25) is 9.59 Å². The van der Waals surface area contributed by atoms with E-state index in [0.29, 0.717) is 37.1 Å². The Hall–Kier alpha value is -2.24. The van der Waals surface area contributed by atoms with Crippen LogP contribution < -0.4 is 14.2 Å². The minimum atomic E-state index is -0.563. The van der Waals surface area contributed by atoms with Gasteiger partial charge in [-0.1, -0.05) is 0 Å². The van der Waals surface area contributed by atoms with Crippen molar-refractivity contribution in [3.05, 3.63) is 17.7 Å². The first-order valence-electron chi connectivity index (χ1n) is 7.83. The smallest absolute Gasteiger partial charge is 0.313 e. The van der Waals surface area contributed by atoms with Crippen molar-refractivity contribution in [2.75, 3.05) is 26.4 Å². The van der Waals surface area contributed by atoms with Crippen LogP contribution in [0.25, 0.3) is 0 Å². The molecule has 0 fully saturated rings. The fourth-order valence-electron chi connectivity index (χ4n) is 2.04. The highest BCUT2D eigenvalue weighted by molar-refractivity contribution is 6.08. The molecule has 0 unspecified atom stereocenters. The molecule has 0 bridgehead atoms. The summed E-state index contributed by atoms with van der Waals surface area (Å²) in [7, 11) is 0. The van der Waals surface area contributed by atoms with Crippen molar-refractivity contribution in [3.8, 4) is 17.2 Å². The van der Waals surface area contributed by atoms with Gasteiger partial charge in [-0.2, -0.15) is 0 Å². The lowest BCUT2D eigenvalue weighted by atomic mass is 10.1. The van der Waals surface area contributed by atoms with Gasteiger partial charge in [0, 0.05) is 0 Å². The first-order chi connectivity index (χ1) is 11.1. The highest BCUT2D eigenvalue weighted by atomic mass is 16.5. The number of benzene rings is 1. The number of esters is 1. The van der Waals surface area contributed by atoms with Crippen LogP contribution in [0.2, 0.25) is 0 Å². The summed E-state index contributed by atoms with van der Waals surface area (Å²) < 4.78 is 21.5. The molecule has 6 heteroatoms. The predicted octanol–water partition coefficient (Wildman–Crippen LogP) is 3.02. The molecular weight excluding hydrogens is 300 g/mol. The second-order valence-corrected chi connectivity index (χ2v) is 4.47. The molecule has 0 aliphatic carbocycles. The molecule has 0 aliphatic rings. The van der Waals surface area contributed by atoms with E-state index in [-0.39, 0.29) is 24.4 Å². The van der Waals surface area contributed by atoms with Gasteiger partial charge in [-0.25, -0.2) is 0 Å². The third kappa shape index (κ3) is 5.16. The quantitative estimate of drug-likeness (QED) is 0.374. The highest BCUT2D eigenvalue weighted by Crippen LogP contribution is 2.41. The minimum absolute atomic E-state index is 0.234. The van der Waals surface area contributed by atoms with Gasteiger partial charge >= 0.3 is 5.97 Å². The fraction of sp³-hybridized carbons (Fsp3) is 0.529. The molecule has 1 aromatic rings. The molecule has 0 N–H and O–H groups in total. The Morgan fingerprint density at radius 1 is 0.826 bits per heavy atom. The van der Waals surface area contributed by atoms with Crippen molar-refractivity contribution in [2.45, 2.75) is 34.1 Å². The van der Waals surface area contributed by atoms with E-state index < -0.39 is 5.97 Å². The van der Waals surface area contributed by atoms with Crippen molar-refractivity contribution in [1.29, 1.82) is 0 Å². The standard InChI is InChI=1S/C17H24O6/c1-5-20-14-10-9-12(13(18)11-15(19)21-6-2)16(22-7-3)17(14)23-8-4/h9-10H,5-8,11H2,1-4H3. The fourth-order valence-corrected chi connectivity index (χ4v) is 2.04. The van der Waals surface area contributed by atoms with Crippen LogP contribution in [-0.2, 0) is 9.53 Å². The van der Waals surface area contributed by atoms with Crippen molar-refractivity contribution in [3.63, 3.8) is 0 Å². The van der Waals surface area contributed by atoms with Gasteiger partial charge < -0.3 is 18.9 Å². The Morgan fingerprint density at radius 3 is 2.00 bits per heavy atom. The van der Waals surface area contributed by atoms with Crippen LogP contribution >= 0.6 is 0 Å². The summed E-state index contributed by atoms with van der Waals surface area (Å²) in [6, 6.07) is 3.23. The number of hydrogen-bond acceptors (Lipinski definition) is 6. The Labute approximate surface area is 136 Å². The monoisotopic (exact) mass is 324 g/mol. The molecule has 0 atom stereocenters. The topological polar surface area (TPSA) is 71.1 Å². The summed E-state index contributed by atoms with van der Waals surface area (Å²) in [4.78, 5) is 23.9. The van der Waals surface area contributed by atoms with Crippen molar-refractivity contribution >= 4 is 11.8 Å². The zero-order chi connectivity index (χ0) is 17.2. The second-order valence-electron chi connectivity index (χ2n) is 4.47. The van der Waals surface area contributed by atoms with Crippen LogP contribution in [0.15, 0.2) is 12.1 Å². The lowest BCUT2D eigenvalue weighted by Gasteiger charge is -2.18. The Bertz CT molecular complexity index is 538. The average Bonchev–Trinajstić information content (AvgIpc) is 2.51. The molecule has 128 valence electrons. The molecule has 0 heterocycles.